The van der Waals surface area contributed by atoms with Crippen molar-refractivity contribution >= 4 is 79.2 Å². The van der Waals surface area contributed by atoms with Crippen molar-refractivity contribution in [3.63, 3.8) is 0 Å². The molecule has 0 radical (unpaired) electrons. The van der Waals surface area contributed by atoms with E-state index >= 15 is 0 Å². The first kappa shape index (κ1) is 55.6. The lowest BCUT2D eigenvalue weighted by Crippen LogP contribution is -2.61. The summed E-state index contributed by atoms with van der Waals surface area (Å²) >= 11 is 0. The minimum atomic E-state index is -0.278. The van der Waals surface area contributed by atoms with Crippen LogP contribution in [-0.4, -0.2) is 6.71 Å². The Labute approximate surface area is 554 Å². The number of nitrogens with zero attached hydrogens (tertiary/aromatic N) is 2. The van der Waals surface area contributed by atoms with Crippen molar-refractivity contribution in [3.8, 4) is 100 Å². The molecule has 4 heteroatoms. The van der Waals surface area contributed by atoms with Crippen LogP contribution in [0, 0.1) is 6.92 Å². The molecule has 0 fully saturated rings. The van der Waals surface area contributed by atoms with Gasteiger partial charge in [0.1, 0.15) is 11.2 Å². The summed E-state index contributed by atoms with van der Waals surface area (Å²) in [7, 11) is 0. The number of benzene rings is 15. The molecule has 0 amide bonds. The van der Waals surface area contributed by atoms with Gasteiger partial charge in [-0.15, -0.1) is 0 Å². The predicted molar refractivity (Wildman–Crippen MR) is 401 cm³/mol. The molecule has 444 valence electrons. The lowest BCUT2D eigenvalue weighted by Gasteiger charge is -2.46. The molecule has 2 aliphatic heterocycles. The first-order chi connectivity index (χ1) is 47.1. The van der Waals surface area contributed by atoms with E-state index in [0.29, 0.717) is 0 Å². The fraction of sp³-hybridized carbons (Fsp3) is 0.0110. The van der Waals surface area contributed by atoms with Gasteiger partial charge in [-0.25, -0.2) is 0 Å². The fourth-order valence-electron chi connectivity index (χ4n) is 15.2. The van der Waals surface area contributed by atoms with Crippen molar-refractivity contribution < 1.29 is 4.42 Å². The van der Waals surface area contributed by atoms with Crippen molar-refractivity contribution in [1.82, 2.24) is 0 Å². The van der Waals surface area contributed by atoms with Crippen molar-refractivity contribution in [1.29, 1.82) is 0 Å². The molecule has 95 heavy (non-hydrogen) atoms. The molecule has 0 N–H and O–H groups in total. The van der Waals surface area contributed by atoms with Crippen molar-refractivity contribution in [2.24, 2.45) is 0 Å². The van der Waals surface area contributed by atoms with E-state index in [4.69, 9.17) is 4.42 Å². The molecule has 0 aliphatic carbocycles. The van der Waals surface area contributed by atoms with E-state index in [9.17, 15) is 0 Å². The Kier molecular flexibility index (Phi) is 13.6. The summed E-state index contributed by atoms with van der Waals surface area (Å²) in [5, 5.41) is 2.21. The van der Waals surface area contributed by atoms with Crippen LogP contribution in [0.5, 0.6) is 0 Å². The van der Waals surface area contributed by atoms with Crippen molar-refractivity contribution in [2.75, 3.05) is 9.80 Å². The summed E-state index contributed by atoms with van der Waals surface area (Å²) in [4.78, 5) is 5.33. The average molecular weight is 1210 g/mol. The summed E-state index contributed by atoms with van der Waals surface area (Å²) in [6, 6.07) is 130. The molecule has 2 aliphatic rings. The number of rotatable bonds is 11. The molecule has 15 aromatic carbocycles. The van der Waals surface area contributed by atoms with E-state index in [1.54, 1.807) is 0 Å². The van der Waals surface area contributed by atoms with Crippen LogP contribution in [0.25, 0.3) is 122 Å². The molecule has 0 saturated heterocycles. The van der Waals surface area contributed by atoms with Gasteiger partial charge < -0.3 is 14.2 Å². The third-order valence-electron chi connectivity index (χ3n) is 19.6. The van der Waals surface area contributed by atoms with Gasteiger partial charge in [0.05, 0.1) is 11.4 Å². The number of hydrogen-bond acceptors (Lipinski definition) is 3. The molecule has 3 nitrogen and oxygen atoms in total. The smallest absolute Gasteiger partial charge is 0.252 e. The third kappa shape index (κ3) is 9.52. The van der Waals surface area contributed by atoms with Gasteiger partial charge in [-0.05, 0) is 167 Å². The van der Waals surface area contributed by atoms with Crippen LogP contribution in [-0.2, 0) is 0 Å². The average Bonchev–Trinajstić information content (AvgIpc) is 1.17. The topological polar surface area (TPSA) is 19.6 Å². The highest BCUT2D eigenvalue weighted by Crippen LogP contribution is 2.55. The lowest BCUT2D eigenvalue weighted by molar-refractivity contribution is 0.669. The zero-order valence-corrected chi connectivity index (χ0v) is 52.4. The monoisotopic (exact) mass is 1210 g/mol. The van der Waals surface area contributed by atoms with Gasteiger partial charge >= 0.3 is 0 Å². The maximum Gasteiger partial charge on any atom is 0.252 e. The molecular weight excluding hydrogens is 1150 g/mol. The van der Waals surface area contributed by atoms with Gasteiger partial charge in [0.25, 0.3) is 6.71 Å². The molecule has 18 rings (SSSR count). The van der Waals surface area contributed by atoms with Crippen LogP contribution in [0.2, 0.25) is 0 Å². The normalized spacial score (nSPS) is 12.2. The van der Waals surface area contributed by atoms with Gasteiger partial charge in [-0.3, -0.25) is 0 Å². The SMILES string of the molecule is Cc1ccccc1-c1ccc2c(c1)B1c3cc(-c4cccc5oc6ccccc6c45)ccc3N(c3c(-c4ccccc4)cc(-c4ccccc4)cc3-c3ccccc3)c3cc(-c4ccccc4)cc(c31)N2c1c(-c2ccccc2)cc(-c2ccccc2)cc1-c1ccccc1. The van der Waals surface area contributed by atoms with E-state index < -0.39 is 0 Å². The standard InChI is InChI=1S/C91H61BN2O/c1-60-28-23-24-43-73(60)68-48-50-82-80(56-68)92-81-57-69(74-45-27-47-87-88(74)75-44-25-26-46-86(75)95-87)49-51-83(81)94(91-78(66-39-19-7-20-40-66)54-71(62-31-11-3-12-32-62)55-79(91)67-41-21-8-22-42-67)85-59-72(63-33-13-4-14-34-63)58-84(89(85)92)93(82)90-76(64-35-15-5-16-36-64)52-70(61-29-9-2-10-30-61)53-77(90)65-37-17-6-18-38-65/h2-59H,1H3. The first-order valence-electron chi connectivity index (χ1n) is 32.8. The second-order valence-electron chi connectivity index (χ2n) is 25.1. The Morgan fingerprint density at radius 2 is 0.589 bits per heavy atom. The Morgan fingerprint density at radius 3 is 1.02 bits per heavy atom. The Bertz CT molecular complexity index is 5460. The zero-order valence-electron chi connectivity index (χ0n) is 52.4. The first-order valence-corrected chi connectivity index (χ1v) is 32.8. The minimum Gasteiger partial charge on any atom is -0.456 e. The number of anilines is 6. The van der Waals surface area contributed by atoms with Crippen LogP contribution in [0.15, 0.2) is 356 Å². The third-order valence-corrected chi connectivity index (χ3v) is 19.6. The van der Waals surface area contributed by atoms with E-state index in [1.165, 1.54) is 33.1 Å². The summed E-state index contributed by atoms with van der Waals surface area (Å²) in [5.74, 6) is 0. The maximum atomic E-state index is 6.68. The Morgan fingerprint density at radius 1 is 0.242 bits per heavy atom. The largest absolute Gasteiger partial charge is 0.456 e. The van der Waals surface area contributed by atoms with E-state index in [1.807, 2.05) is 0 Å². The summed E-state index contributed by atoms with van der Waals surface area (Å²) in [6.45, 7) is 1.96. The number of para-hydroxylation sites is 1. The maximum absolute atomic E-state index is 6.68. The molecule has 0 atom stereocenters. The van der Waals surface area contributed by atoms with Crippen LogP contribution < -0.4 is 26.2 Å². The highest BCUT2D eigenvalue weighted by molar-refractivity contribution is 7.00. The van der Waals surface area contributed by atoms with E-state index in [-0.39, 0.29) is 6.71 Å². The van der Waals surface area contributed by atoms with E-state index in [2.05, 4.69) is 369 Å². The van der Waals surface area contributed by atoms with Crippen molar-refractivity contribution in [2.45, 2.75) is 6.92 Å². The number of aryl methyl sites for hydroxylation is 1. The van der Waals surface area contributed by atoms with Gasteiger partial charge in [-0.1, -0.05) is 291 Å². The minimum absolute atomic E-state index is 0.278. The molecular formula is C91H61BN2O. The van der Waals surface area contributed by atoms with Gasteiger partial charge in [0.2, 0.25) is 0 Å². The molecule has 0 bridgehead atoms. The quantitative estimate of drug-likeness (QED) is 0.120. The highest BCUT2D eigenvalue weighted by atomic mass is 16.3. The Balaban J connectivity index is 1.03. The molecule has 16 aromatic rings. The van der Waals surface area contributed by atoms with Gasteiger partial charge in [0.15, 0.2) is 0 Å². The van der Waals surface area contributed by atoms with Crippen LogP contribution in [0.4, 0.5) is 34.1 Å². The van der Waals surface area contributed by atoms with Crippen molar-refractivity contribution in [3.05, 3.63) is 357 Å². The second kappa shape index (κ2) is 23.2. The number of hydrogen-bond donors (Lipinski definition) is 0. The molecule has 1 aromatic heterocycles. The summed E-state index contributed by atoms with van der Waals surface area (Å²) in [5.41, 5.74) is 33.7. The summed E-state index contributed by atoms with van der Waals surface area (Å²) in [6.07, 6.45) is 0. The van der Waals surface area contributed by atoms with Gasteiger partial charge in [0, 0.05) is 55.8 Å². The lowest BCUT2D eigenvalue weighted by atomic mass is 9.33. The van der Waals surface area contributed by atoms with Crippen LogP contribution in [0.1, 0.15) is 5.56 Å². The summed E-state index contributed by atoms with van der Waals surface area (Å²) < 4.78 is 6.68. The molecule has 0 saturated carbocycles. The van der Waals surface area contributed by atoms with Gasteiger partial charge in [-0.2, -0.15) is 0 Å². The molecule has 0 unspecified atom stereocenters. The van der Waals surface area contributed by atoms with Crippen LogP contribution in [0.3, 0.4) is 0 Å². The highest BCUT2D eigenvalue weighted by Gasteiger charge is 2.46. The molecule has 0 spiro atoms. The zero-order chi connectivity index (χ0) is 62.9. The van der Waals surface area contributed by atoms with Crippen LogP contribution >= 0.6 is 0 Å². The van der Waals surface area contributed by atoms with E-state index in [0.717, 1.165) is 145 Å². The molecule has 3 heterocycles. The number of fused-ring (bicyclic) bond motifs is 7. The predicted octanol–water partition coefficient (Wildman–Crippen LogP) is 23.0. The Hall–Kier alpha value is -12.2. The number of furan rings is 1. The second-order valence-corrected chi connectivity index (χ2v) is 25.1. The fourth-order valence-corrected chi connectivity index (χ4v) is 15.2.